The quantitative estimate of drug-likeness (QED) is 0.712. The Hall–Kier alpha value is -1.65. The van der Waals surface area contributed by atoms with Gasteiger partial charge in [-0.15, -0.1) is 0 Å². The number of rotatable bonds is 5. The number of halogens is 1. The summed E-state index contributed by atoms with van der Waals surface area (Å²) in [6.07, 6.45) is 4.91. The number of H-pyrrole nitrogens is 1. The number of pyridine rings is 1. The number of fused-ring (bicyclic) bond motifs is 1. The zero-order valence-electron chi connectivity index (χ0n) is 11.9. The van der Waals surface area contributed by atoms with Gasteiger partial charge in [0.1, 0.15) is 5.65 Å². The van der Waals surface area contributed by atoms with Gasteiger partial charge >= 0.3 is 0 Å². The third-order valence-corrected chi connectivity index (χ3v) is 4.28. The minimum Gasteiger partial charge on any atom is -0.346 e. The molecule has 0 saturated carbocycles. The van der Waals surface area contributed by atoms with Crippen LogP contribution in [0.2, 0.25) is 0 Å². The molecule has 0 aliphatic carbocycles. The average Bonchev–Trinajstić information content (AvgIpc) is 2.93. The molecule has 1 aromatic carbocycles. The second-order valence-corrected chi connectivity index (χ2v) is 6.02. The average molecular weight is 344 g/mol. The van der Waals surface area contributed by atoms with E-state index in [0.29, 0.717) is 6.04 Å². The first-order valence-electron chi connectivity index (χ1n) is 7.17. The van der Waals surface area contributed by atoms with Crippen molar-refractivity contribution in [3.05, 3.63) is 64.4 Å². The molecule has 0 aliphatic heterocycles. The van der Waals surface area contributed by atoms with Crippen molar-refractivity contribution in [2.45, 2.75) is 25.9 Å². The van der Waals surface area contributed by atoms with E-state index in [1.165, 1.54) is 16.5 Å². The van der Waals surface area contributed by atoms with Crippen LogP contribution in [0.3, 0.4) is 0 Å². The van der Waals surface area contributed by atoms with Gasteiger partial charge in [-0.05, 0) is 41.8 Å². The molecule has 0 amide bonds. The fraction of sp³-hybridized carbons (Fsp3) is 0.235. The summed E-state index contributed by atoms with van der Waals surface area (Å²) in [6.45, 7) is 3.04. The van der Waals surface area contributed by atoms with Crippen molar-refractivity contribution in [3.8, 4) is 0 Å². The van der Waals surface area contributed by atoms with Crippen LogP contribution in [0.25, 0.3) is 11.0 Å². The van der Waals surface area contributed by atoms with E-state index in [1.807, 2.05) is 18.5 Å². The molecule has 2 heterocycles. The van der Waals surface area contributed by atoms with Crippen LogP contribution in [-0.2, 0) is 6.54 Å². The van der Waals surface area contributed by atoms with E-state index in [0.717, 1.165) is 23.1 Å². The molecule has 3 aromatic rings. The predicted octanol–water partition coefficient (Wildman–Crippen LogP) is 4.57. The number of nitrogens with one attached hydrogen (secondary N) is 2. The van der Waals surface area contributed by atoms with Gasteiger partial charge in [-0.25, -0.2) is 4.98 Å². The topological polar surface area (TPSA) is 40.7 Å². The van der Waals surface area contributed by atoms with E-state index in [1.54, 1.807) is 0 Å². The Morgan fingerprint density at radius 3 is 2.81 bits per heavy atom. The summed E-state index contributed by atoms with van der Waals surface area (Å²) in [7, 11) is 0. The summed E-state index contributed by atoms with van der Waals surface area (Å²) in [5.74, 6) is 0. The van der Waals surface area contributed by atoms with Gasteiger partial charge in [-0.3, -0.25) is 0 Å². The minimum absolute atomic E-state index is 0.361. The number of hydrogen-bond donors (Lipinski definition) is 2. The van der Waals surface area contributed by atoms with E-state index in [-0.39, 0.29) is 0 Å². The van der Waals surface area contributed by atoms with Crippen LogP contribution >= 0.6 is 15.9 Å². The summed E-state index contributed by atoms with van der Waals surface area (Å²) < 4.78 is 1.11. The highest BCUT2D eigenvalue weighted by molar-refractivity contribution is 9.10. The minimum atomic E-state index is 0.361. The van der Waals surface area contributed by atoms with Crippen LogP contribution in [0.1, 0.15) is 30.5 Å². The lowest BCUT2D eigenvalue weighted by atomic mass is 10.0. The van der Waals surface area contributed by atoms with Crippen LogP contribution in [0.5, 0.6) is 0 Å². The van der Waals surface area contributed by atoms with Gasteiger partial charge < -0.3 is 10.3 Å². The summed E-state index contributed by atoms with van der Waals surface area (Å²) >= 11 is 3.48. The molecule has 2 aromatic heterocycles. The molecule has 0 radical (unpaired) electrons. The lowest BCUT2D eigenvalue weighted by molar-refractivity contribution is 0.520. The lowest BCUT2D eigenvalue weighted by Crippen LogP contribution is -2.20. The molecule has 0 saturated heterocycles. The van der Waals surface area contributed by atoms with Gasteiger partial charge in [-0.1, -0.05) is 35.0 Å². The van der Waals surface area contributed by atoms with Crippen molar-refractivity contribution in [2.24, 2.45) is 0 Å². The van der Waals surface area contributed by atoms with Crippen molar-refractivity contribution in [2.75, 3.05) is 0 Å². The second-order valence-electron chi connectivity index (χ2n) is 5.11. The highest BCUT2D eigenvalue weighted by Gasteiger charge is 2.10. The van der Waals surface area contributed by atoms with Crippen molar-refractivity contribution in [1.29, 1.82) is 0 Å². The molecule has 108 valence electrons. The molecule has 1 unspecified atom stereocenters. The first-order valence-corrected chi connectivity index (χ1v) is 7.97. The number of hydrogen-bond acceptors (Lipinski definition) is 2. The highest BCUT2D eigenvalue weighted by atomic mass is 79.9. The van der Waals surface area contributed by atoms with Crippen LogP contribution in [0.4, 0.5) is 0 Å². The first kappa shape index (κ1) is 14.3. The molecular weight excluding hydrogens is 326 g/mol. The van der Waals surface area contributed by atoms with Crippen LogP contribution in [0, 0.1) is 0 Å². The molecule has 0 bridgehead atoms. The Labute approximate surface area is 132 Å². The Morgan fingerprint density at radius 1 is 1.24 bits per heavy atom. The number of benzene rings is 1. The Morgan fingerprint density at radius 2 is 2.05 bits per heavy atom. The van der Waals surface area contributed by atoms with Crippen LogP contribution in [0.15, 0.2) is 53.3 Å². The SMILES string of the molecule is CCC(NCc1c[nH]c2ncccc12)c1ccc(Br)cc1. The molecule has 21 heavy (non-hydrogen) atoms. The largest absolute Gasteiger partial charge is 0.346 e. The lowest BCUT2D eigenvalue weighted by Gasteiger charge is -2.17. The Kier molecular flexibility index (Phi) is 4.36. The summed E-state index contributed by atoms with van der Waals surface area (Å²) in [6, 6.07) is 13.0. The van der Waals surface area contributed by atoms with Gasteiger partial charge in [0.25, 0.3) is 0 Å². The smallest absolute Gasteiger partial charge is 0.137 e. The molecule has 3 nitrogen and oxygen atoms in total. The molecule has 0 spiro atoms. The fourth-order valence-electron chi connectivity index (χ4n) is 2.59. The number of nitrogens with zero attached hydrogens (tertiary/aromatic N) is 1. The maximum atomic E-state index is 4.33. The molecule has 1 atom stereocenters. The third kappa shape index (κ3) is 3.17. The predicted molar refractivity (Wildman–Crippen MR) is 90.1 cm³/mol. The van der Waals surface area contributed by atoms with Gasteiger partial charge in [0.15, 0.2) is 0 Å². The summed E-state index contributed by atoms with van der Waals surface area (Å²) in [5.41, 5.74) is 3.53. The standard InChI is InChI=1S/C17H18BrN3/c1-2-16(12-5-7-14(18)8-6-12)20-10-13-11-21-17-15(13)4-3-9-19-17/h3-9,11,16,20H,2,10H2,1H3,(H,19,21). The van der Waals surface area contributed by atoms with Crippen molar-refractivity contribution in [3.63, 3.8) is 0 Å². The first-order chi connectivity index (χ1) is 10.3. The molecule has 4 heteroatoms. The van der Waals surface area contributed by atoms with E-state index in [4.69, 9.17) is 0 Å². The molecule has 0 fully saturated rings. The van der Waals surface area contributed by atoms with E-state index in [2.05, 4.69) is 68.5 Å². The fourth-order valence-corrected chi connectivity index (χ4v) is 2.85. The summed E-state index contributed by atoms with van der Waals surface area (Å²) in [5, 5.41) is 4.83. The molecule has 0 aliphatic rings. The number of aromatic amines is 1. The maximum Gasteiger partial charge on any atom is 0.137 e. The maximum absolute atomic E-state index is 4.33. The monoisotopic (exact) mass is 343 g/mol. The van der Waals surface area contributed by atoms with Crippen molar-refractivity contribution >= 4 is 27.0 Å². The van der Waals surface area contributed by atoms with Crippen molar-refractivity contribution in [1.82, 2.24) is 15.3 Å². The van der Waals surface area contributed by atoms with E-state index < -0.39 is 0 Å². The van der Waals surface area contributed by atoms with Crippen LogP contribution in [-0.4, -0.2) is 9.97 Å². The Bertz CT molecular complexity index is 718. The third-order valence-electron chi connectivity index (χ3n) is 3.76. The second kappa shape index (κ2) is 6.41. The van der Waals surface area contributed by atoms with Gasteiger partial charge in [0.05, 0.1) is 0 Å². The highest BCUT2D eigenvalue weighted by Crippen LogP contribution is 2.21. The molecule has 2 N–H and O–H groups in total. The van der Waals surface area contributed by atoms with Gasteiger partial charge in [-0.2, -0.15) is 0 Å². The van der Waals surface area contributed by atoms with Gasteiger partial charge in [0.2, 0.25) is 0 Å². The normalized spacial score (nSPS) is 12.7. The zero-order chi connectivity index (χ0) is 14.7. The van der Waals surface area contributed by atoms with Crippen LogP contribution < -0.4 is 5.32 Å². The summed E-state index contributed by atoms with van der Waals surface area (Å²) in [4.78, 5) is 7.55. The zero-order valence-corrected chi connectivity index (χ0v) is 13.5. The molecule has 3 rings (SSSR count). The van der Waals surface area contributed by atoms with Crippen molar-refractivity contribution < 1.29 is 0 Å². The molecular formula is C17H18BrN3. The Balaban J connectivity index is 1.74. The van der Waals surface area contributed by atoms with E-state index >= 15 is 0 Å². The van der Waals surface area contributed by atoms with E-state index in [9.17, 15) is 0 Å². The van der Waals surface area contributed by atoms with Gasteiger partial charge in [0, 0.05) is 34.8 Å². The number of aromatic nitrogens is 2.